The van der Waals surface area contributed by atoms with Gasteiger partial charge in [-0.1, -0.05) is 118 Å². The molecule has 0 spiro atoms. The molecule has 0 unspecified atom stereocenters. The summed E-state index contributed by atoms with van der Waals surface area (Å²) in [6.45, 7) is 1.24. The zero-order chi connectivity index (χ0) is 40.7. The maximum absolute atomic E-state index is 12.4. The smallest absolute Gasteiger partial charge is 0.306 e. The number of allylic oxidation sites excluding steroid dienone is 8. The Labute approximate surface area is 341 Å². The summed E-state index contributed by atoms with van der Waals surface area (Å²) < 4.78 is 5.69. The van der Waals surface area contributed by atoms with Crippen LogP contribution in [0.4, 0.5) is 0 Å². The minimum absolute atomic E-state index is 0.116. The van der Waals surface area contributed by atoms with Gasteiger partial charge >= 0.3 is 17.9 Å². The SMILES string of the molecule is CN(C)CCCC(=O)OCc1cc(CCCCC/C=C\C/C=C\CCCCCCCC(=O)O)cc(CCCCC/C=C\C/C=C\CCCCCCCC(=O)O)c1. The van der Waals surface area contributed by atoms with E-state index in [4.69, 9.17) is 14.9 Å². The number of carbonyl (C=O) groups excluding carboxylic acids is 1. The fraction of sp³-hybridized carbons (Fsp3) is 0.653. The summed E-state index contributed by atoms with van der Waals surface area (Å²) in [6, 6.07) is 6.86. The summed E-state index contributed by atoms with van der Waals surface area (Å²) in [5, 5.41) is 17.4. The zero-order valence-corrected chi connectivity index (χ0v) is 35.5. The molecule has 0 radical (unpaired) electrons. The largest absolute Gasteiger partial charge is 0.481 e. The Hall–Kier alpha value is -3.45. The molecular weight excluding hydrogens is 699 g/mol. The van der Waals surface area contributed by atoms with E-state index in [2.05, 4.69) is 71.7 Å². The first-order chi connectivity index (χ1) is 27.3. The van der Waals surface area contributed by atoms with E-state index >= 15 is 0 Å². The van der Waals surface area contributed by atoms with Crippen LogP contribution < -0.4 is 0 Å². The predicted octanol–water partition coefficient (Wildman–Crippen LogP) is 12.9. The van der Waals surface area contributed by atoms with E-state index in [0.29, 0.717) is 25.9 Å². The van der Waals surface area contributed by atoms with Crippen molar-refractivity contribution in [3.63, 3.8) is 0 Å². The quantitative estimate of drug-likeness (QED) is 0.0391. The third-order valence-corrected chi connectivity index (χ3v) is 9.90. The van der Waals surface area contributed by atoms with Gasteiger partial charge in [-0.3, -0.25) is 14.4 Å². The van der Waals surface area contributed by atoms with Crippen molar-refractivity contribution in [2.24, 2.45) is 0 Å². The van der Waals surface area contributed by atoms with Crippen LogP contribution in [0.15, 0.2) is 66.8 Å². The Kier molecular flexibility index (Phi) is 33.5. The van der Waals surface area contributed by atoms with Crippen molar-refractivity contribution in [3.05, 3.63) is 83.5 Å². The molecule has 0 bridgehead atoms. The minimum Gasteiger partial charge on any atom is -0.481 e. The minimum atomic E-state index is -0.689. The van der Waals surface area contributed by atoms with Crippen LogP contribution in [-0.2, 0) is 38.6 Å². The maximum atomic E-state index is 12.4. The lowest BCUT2D eigenvalue weighted by Crippen LogP contribution is -2.15. The lowest BCUT2D eigenvalue weighted by atomic mass is 9.97. The van der Waals surface area contributed by atoms with Crippen LogP contribution in [0.1, 0.15) is 184 Å². The predicted molar refractivity (Wildman–Crippen MR) is 234 cm³/mol. The molecule has 2 N–H and O–H groups in total. The highest BCUT2D eigenvalue weighted by Gasteiger charge is 2.07. The summed E-state index contributed by atoms with van der Waals surface area (Å²) in [4.78, 5) is 35.6. The topological polar surface area (TPSA) is 104 Å². The van der Waals surface area contributed by atoms with E-state index in [1.54, 1.807) is 0 Å². The van der Waals surface area contributed by atoms with E-state index in [1.807, 2.05) is 14.1 Å². The fourth-order valence-electron chi connectivity index (χ4n) is 6.67. The average molecular weight is 778 g/mol. The average Bonchev–Trinajstić information content (AvgIpc) is 3.16. The molecule has 0 heterocycles. The number of carboxylic acids is 2. The van der Waals surface area contributed by atoms with Crippen LogP contribution in [0, 0.1) is 0 Å². The first kappa shape index (κ1) is 50.6. The van der Waals surface area contributed by atoms with Gasteiger partial charge in [-0.25, -0.2) is 0 Å². The number of rotatable bonds is 38. The molecule has 7 heteroatoms. The molecule has 0 fully saturated rings. The lowest BCUT2D eigenvalue weighted by Gasteiger charge is -2.12. The van der Waals surface area contributed by atoms with Gasteiger partial charge in [0.15, 0.2) is 0 Å². The van der Waals surface area contributed by atoms with E-state index in [1.165, 1.54) is 62.5 Å². The Morgan fingerprint density at radius 2 is 0.857 bits per heavy atom. The van der Waals surface area contributed by atoms with Crippen LogP contribution in [0.25, 0.3) is 0 Å². The number of benzene rings is 1. The molecule has 0 saturated heterocycles. The molecule has 0 atom stereocenters. The first-order valence-electron chi connectivity index (χ1n) is 22.2. The molecule has 0 aliphatic heterocycles. The Bertz CT molecular complexity index is 1180. The van der Waals surface area contributed by atoms with Crippen molar-refractivity contribution in [1.82, 2.24) is 4.90 Å². The second kappa shape index (κ2) is 37.1. The third-order valence-electron chi connectivity index (χ3n) is 9.90. The van der Waals surface area contributed by atoms with E-state index in [9.17, 15) is 14.4 Å². The summed E-state index contributed by atoms with van der Waals surface area (Å²) in [5.41, 5.74) is 3.82. The van der Waals surface area contributed by atoms with Crippen molar-refractivity contribution >= 4 is 17.9 Å². The molecular formula is C49H79NO6. The van der Waals surface area contributed by atoms with Crippen molar-refractivity contribution < 1.29 is 29.3 Å². The second-order valence-electron chi connectivity index (χ2n) is 15.7. The number of carbonyl (C=O) groups is 3. The van der Waals surface area contributed by atoms with Gasteiger partial charge in [-0.2, -0.15) is 0 Å². The van der Waals surface area contributed by atoms with E-state index in [0.717, 1.165) is 121 Å². The van der Waals surface area contributed by atoms with Gasteiger partial charge in [0.1, 0.15) is 6.61 Å². The normalized spacial score (nSPS) is 12.0. The number of esters is 1. The molecule has 0 aromatic heterocycles. The summed E-state index contributed by atoms with van der Waals surface area (Å²) in [6.07, 6.45) is 46.4. The zero-order valence-electron chi connectivity index (χ0n) is 35.5. The molecule has 1 aromatic rings. The van der Waals surface area contributed by atoms with Gasteiger partial charge in [0.2, 0.25) is 0 Å². The molecule has 0 aliphatic carbocycles. The highest BCUT2D eigenvalue weighted by molar-refractivity contribution is 5.69. The fourth-order valence-corrected chi connectivity index (χ4v) is 6.67. The van der Waals surface area contributed by atoms with Gasteiger partial charge in [0, 0.05) is 19.3 Å². The van der Waals surface area contributed by atoms with E-state index < -0.39 is 11.9 Å². The Morgan fingerprint density at radius 3 is 1.27 bits per heavy atom. The van der Waals surface area contributed by atoms with Crippen molar-refractivity contribution in [2.45, 2.75) is 186 Å². The molecule has 1 aromatic carbocycles. The summed E-state index contributed by atoms with van der Waals surface area (Å²) in [5.74, 6) is -1.49. The van der Waals surface area contributed by atoms with Crippen molar-refractivity contribution in [2.75, 3.05) is 20.6 Å². The number of ether oxygens (including phenoxy) is 1. The van der Waals surface area contributed by atoms with Gasteiger partial charge < -0.3 is 19.8 Å². The summed E-state index contributed by atoms with van der Waals surface area (Å²) in [7, 11) is 4.04. The Morgan fingerprint density at radius 1 is 0.482 bits per heavy atom. The molecule has 56 heavy (non-hydrogen) atoms. The number of hydrogen-bond acceptors (Lipinski definition) is 5. The van der Waals surface area contributed by atoms with Crippen LogP contribution in [0.5, 0.6) is 0 Å². The van der Waals surface area contributed by atoms with Gasteiger partial charge in [-0.05, 0) is 146 Å². The first-order valence-corrected chi connectivity index (χ1v) is 22.2. The second-order valence-corrected chi connectivity index (χ2v) is 15.7. The van der Waals surface area contributed by atoms with E-state index in [-0.39, 0.29) is 5.97 Å². The maximum Gasteiger partial charge on any atom is 0.306 e. The molecule has 316 valence electrons. The van der Waals surface area contributed by atoms with Crippen LogP contribution in [0.2, 0.25) is 0 Å². The lowest BCUT2D eigenvalue weighted by molar-refractivity contribution is -0.145. The standard InChI is InChI=1S/C49H79NO6/c1-50(2)39-33-38-49(55)56-43-46-41-44(34-29-25-21-17-13-9-5-3-7-11-15-19-23-27-31-36-47(51)52)40-45(42-46)35-30-26-22-18-14-10-6-4-8-12-16-20-24-28-32-37-48(53)54/h3-4,7-10,13-14,40-42H,5-6,11-12,15-39,43H2,1-2H3,(H,51,52)(H,53,54)/b7-3-,8-4-,13-9-,14-10-. The number of unbranched alkanes of at least 4 members (excludes halogenated alkanes) is 16. The number of aryl methyl sites for hydroxylation is 2. The monoisotopic (exact) mass is 778 g/mol. The van der Waals surface area contributed by atoms with Gasteiger partial charge in [0.05, 0.1) is 0 Å². The molecule has 0 amide bonds. The van der Waals surface area contributed by atoms with Crippen LogP contribution >= 0.6 is 0 Å². The van der Waals surface area contributed by atoms with Crippen molar-refractivity contribution in [3.8, 4) is 0 Å². The van der Waals surface area contributed by atoms with Crippen molar-refractivity contribution in [1.29, 1.82) is 0 Å². The highest BCUT2D eigenvalue weighted by Crippen LogP contribution is 2.18. The summed E-state index contributed by atoms with van der Waals surface area (Å²) >= 11 is 0. The number of nitrogens with zero attached hydrogens (tertiary/aromatic N) is 1. The molecule has 0 aliphatic rings. The van der Waals surface area contributed by atoms with Gasteiger partial charge in [0.25, 0.3) is 0 Å². The van der Waals surface area contributed by atoms with Crippen LogP contribution in [-0.4, -0.2) is 53.7 Å². The third kappa shape index (κ3) is 35.0. The molecule has 7 nitrogen and oxygen atoms in total. The number of aliphatic carboxylic acids is 2. The molecule has 1 rings (SSSR count). The Balaban J connectivity index is 2.36. The van der Waals surface area contributed by atoms with Crippen LogP contribution in [0.3, 0.4) is 0 Å². The number of carboxylic acid groups (broad SMARTS) is 2. The highest BCUT2D eigenvalue weighted by atomic mass is 16.5. The molecule has 0 saturated carbocycles. The number of hydrogen-bond donors (Lipinski definition) is 2. The van der Waals surface area contributed by atoms with Gasteiger partial charge in [-0.15, -0.1) is 0 Å².